The normalized spacial score (nSPS) is 15.6. The molecule has 5 nitrogen and oxygen atoms in total. The molecule has 0 bridgehead atoms. The second-order valence-corrected chi connectivity index (χ2v) is 6.30. The second kappa shape index (κ2) is 7.43. The van der Waals surface area contributed by atoms with Crippen LogP contribution in [0.1, 0.15) is 25.1 Å². The van der Waals surface area contributed by atoms with Gasteiger partial charge < -0.3 is 0 Å². The first-order valence-electron chi connectivity index (χ1n) is 7.60. The van der Waals surface area contributed by atoms with Gasteiger partial charge in [0.2, 0.25) is 0 Å². The Hall–Kier alpha value is -1.84. The van der Waals surface area contributed by atoms with Crippen LogP contribution in [0.5, 0.6) is 0 Å². The molecule has 0 atom stereocenters. The topological polar surface area (TPSA) is 57.7 Å². The average Bonchev–Trinajstić information content (AvgIpc) is 2.97. The fourth-order valence-corrected chi connectivity index (χ4v) is 3.38. The van der Waals surface area contributed by atoms with E-state index in [0.29, 0.717) is 5.75 Å². The van der Waals surface area contributed by atoms with Crippen LogP contribution in [0.4, 0.5) is 0 Å². The van der Waals surface area contributed by atoms with Crippen LogP contribution in [0.25, 0.3) is 5.69 Å². The Bertz CT molecular complexity index is 640. The number of benzene rings is 1. The maximum Gasteiger partial charge on any atom is 0.196 e. The van der Waals surface area contributed by atoms with Gasteiger partial charge in [-0.15, -0.1) is 10.2 Å². The van der Waals surface area contributed by atoms with Crippen LogP contribution in [0, 0.1) is 11.3 Å². The molecule has 0 amide bonds. The van der Waals surface area contributed by atoms with Crippen molar-refractivity contribution in [1.82, 2.24) is 19.7 Å². The summed E-state index contributed by atoms with van der Waals surface area (Å²) in [6.45, 7) is 3.07. The highest BCUT2D eigenvalue weighted by Gasteiger charge is 2.18. The lowest BCUT2D eigenvalue weighted by Gasteiger charge is -2.26. The fourth-order valence-electron chi connectivity index (χ4n) is 2.75. The SMILES string of the molecule is N#CCSc1nnc(CN2CCCCC2)n1-c1ccccc1. The summed E-state index contributed by atoms with van der Waals surface area (Å²) in [4.78, 5) is 2.44. The zero-order valence-electron chi connectivity index (χ0n) is 12.5. The maximum absolute atomic E-state index is 8.82. The van der Waals surface area contributed by atoms with E-state index in [-0.39, 0.29) is 0 Å². The molecule has 1 saturated heterocycles. The molecule has 0 N–H and O–H groups in total. The van der Waals surface area contributed by atoms with Gasteiger partial charge >= 0.3 is 0 Å². The zero-order valence-corrected chi connectivity index (χ0v) is 13.3. The third-order valence-electron chi connectivity index (χ3n) is 3.79. The van der Waals surface area contributed by atoms with Gasteiger partial charge in [0, 0.05) is 5.69 Å². The molecule has 1 fully saturated rings. The minimum Gasteiger partial charge on any atom is -0.296 e. The lowest BCUT2D eigenvalue weighted by atomic mass is 10.1. The third-order valence-corrected chi connectivity index (χ3v) is 4.59. The number of hydrogen-bond donors (Lipinski definition) is 0. The molecule has 0 aliphatic carbocycles. The van der Waals surface area contributed by atoms with Crippen LogP contribution < -0.4 is 0 Å². The van der Waals surface area contributed by atoms with E-state index in [1.165, 1.54) is 31.0 Å². The van der Waals surface area contributed by atoms with E-state index in [1.807, 2.05) is 18.2 Å². The molecular weight excluding hydrogens is 294 g/mol. The molecular formula is C16H19N5S. The number of piperidine rings is 1. The maximum atomic E-state index is 8.82. The zero-order chi connectivity index (χ0) is 15.2. The van der Waals surface area contributed by atoms with Gasteiger partial charge in [-0.1, -0.05) is 36.4 Å². The highest BCUT2D eigenvalue weighted by atomic mass is 32.2. The van der Waals surface area contributed by atoms with Crippen molar-refractivity contribution < 1.29 is 0 Å². The van der Waals surface area contributed by atoms with Gasteiger partial charge in [0.25, 0.3) is 0 Å². The van der Waals surface area contributed by atoms with E-state index in [9.17, 15) is 0 Å². The van der Waals surface area contributed by atoms with Crippen LogP contribution in [0.2, 0.25) is 0 Å². The lowest BCUT2D eigenvalue weighted by Crippen LogP contribution is -2.30. The van der Waals surface area contributed by atoms with Gasteiger partial charge in [-0.05, 0) is 38.1 Å². The first-order chi connectivity index (χ1) is 10.9. The smallest absolute Gasteiger partial charge is 0.196 e. The van der Waals surface area contributed by atoms with Crippen molar-refractivity contribution in [1.29, 1.82) is 5.26 Å². The van der Waals surface area contributed by atoms with Crippen molar-refractivity contribution in [2.75, 3.05) is 18.8 Å². The number of hydrogen-bond acceptors (Lipinski definition) is 5. The molecule has 0 spiro atoms. The van der Waals surface area contributed by atoms with Gasteiger partial charge in [0.05, 0.1) is 18.4 Å². The number of nitriles is 1. The van der Waals surface area contributed by atoms with Gasteiger partial charge in [0.1, 0.15) is 0 Å². The summed E-state index contributed by atoms with van der Waals surface area (Å²) in [5, 5.41) is 18.3. The van der Waals surface area contributed by atoms with E-state index in [1.54, 1.807) is 0 Å². The van der Waals surface area contributed by atoms with Crippen molar-refractivity contribution >= 4 is 11.8 Å². The van der Waals surface area contributed by atoms with Gasteiger partial charge in [-0.3, -0.25) is 9.47 Å². The standard InChI is InChI=1S/C16H19N5S/c17-9-12-22-16-19-18-15(13-20-10-5-2-6-11-20)21(16)14-7-3-1-4-8-14/h1,3-4,7-8H,2,5-6,10-13H2. The minimum absolute atomic E-state index is 0.384. The van der Waals surface area contributed by atoms with Crippen LogP contribution in [0.3, 0.4) is 0 Å². The van der Waals surface area contributed by atoms with Gasteiger partial charge in [0.15, 0.2) is 11.0 Å². The molecule has 0 saturated carbocycles. The Morgan fingerprint density at radius 1 is 1.09 bits per heavy atom. The number of likely N-dealkylation sites (tertiary alicyclic amines) is 1. The molecule has 3 rings (SSSR count). The summed E-state index contributed by atoms with van der Waals surface area (Å²) in [5.74, 6) is 1.34. The first kappa shape index (κ1) is 15.1. The van der Waals surface area contributed by atoms with Crippen molar-refractivity contribution in [3.63, 3.8) is 0 Å². The quantitative estimate of drug-likeness (QED) is 0.794. The highest BCUT2D eigenvalue weighted by Crippen LogP contribution is 2.23. The van der Waals surface area contributed by atoms with E-state index in [2.05, 4.69) is 37.9 Å². The van der Waals surface area contributed by atoms with E-state index in [4.69, 9.17) is 5.26 Å². The van der Waals surface area contributed by atoms with E-state index in [0.717, 1.165) is 36.3 Å². The number of para-hydroxylation sites is 1. The summed E-state index contributed by atoms with van der Waals surface area (Å²) < 4.78 is 2.08. The van der Waals surface area contributed by atoms with Crippen molar-refractivity contribution in [2.24, 2.45) is 0 Å². The van der Waals surface area contributed by atoms with Crippen LogP contribution in [-0.2, 0) is 6.54 Å². The molecule has 6 heteroatoms. The first-order valence-corrected chi connectivity index (χ1v) is 8.59. The highest BCUT2D eigenvalue weighted by molar-refractivity contribution is 7.99. The Morgan fingerprint density at radius 3 is 2.59 bits per heavy atom. The predicted molar refractivity (Wildman–Crippen MR) is 86.8 cm³/mol. The number of rotatable bonds is 5. The molecule has 1 aromatic carbocycles. The van der Waals surface area contributed by atoms with Crippen molar-refractivity contribution in [2.45, 2.75) is 31.0 Å². The Morgan fingerprint density at radius 2 is 1.86 bits per heavy atom. The predicted octanol–water partition coefficient (Wildman–Crippen LogP) is 2.87. The van der Waals surface area contributed by atoms with Crippen molar-refractivity contribution in [3.8, 4) is 11.8 Å². The largest absolute Gasteiger partial charge is 0.296 e. The van der Waals surface area contributed by atoms with Crippen LogP contribution >= 0.6 is 11.8 Å². The molecule has 2 aromatic rings. The van der Waals surface area contributed by atoms with Crippen LogP contribution in [-0.4, -0.2) is 38.5 Å². The molecule has 1 aliphatic heterocycles. The lowest BCUT2D eigenvalue weighted by molar-refractivity contribution is 0.214. The van der Waals surface area contributed by atoms with Crippen LogP contribution in [0.15, 0.2) is 35.5 Å². The monoisotopic (exact) mass is 313 g/mol. The van der Waals surface area contributed by atoms with E-state index >= 15 is 0 Å². The molecule has 22 heavy (non-hydrogen) atoms. The van der Waals surface area contributed by atoms with Gasteiger partial charge in [-0.25, -0.2) is 0 Å². The molecule has 2 heterocycles. The molecule has 114 valence electrons. The Balaban J connectivity index is 1.88. The summed E-state index contributed by atoms with van der Waals surface area (Å²) in [6.07, 6.45) is 3.84. The Kier molecular flexibility index (Phi) is 5.09. The molecule has 0 unspecified atom stereocenters. The summed E-state index contributed by atoms with van der Waals surface area (Å²) in [6, 6.07) is 12.3. The number of aromatic nitrogens is 3. The molecule has 1 aromatic heterocycles. The summed E-state index contributed by atoms with van der Waals surface area (Å²) >= 11 is 1.43. The summed E-state index contributed by atoms with van der Waals surface area (Å²) in [5.41, 5.74) is 1.06. The number of nitrogens with zero attached hydrogens (tertiary/aromatic N) is 5. The number of thioether (sulfide) groups is 1. The third kappa shape index (κ3) is 3.49. The van der Waals surface area contributed by atoms with Gasteiger partial charge in [-0.2, -0.15) is 5.26 Å². The second-order valence-electron chi connectivity index (χ2n) is 5.35. The summed E-state index contributed by atoms with van der Waals surface area (Å²) in [7, 11) is 0. The molecule has 1 aliphatic rings. The minimum atomic E-state index is 0.384. The fraction of sp³-hybridized carbons (Fsp3) is 0.438. The van der Waals surface area contributed by atoms with E-state index < -0.39 is 0 Å². The Labute approximate surface area is 135 Å². The average molecular weight is 313 g/mol. The molecule has 0 radical (unpaired) electrons. The van der Waals surface area contributed by atoms with Crippen molar-refractivity contribution in [3.05, 3.63) is 36.2 Å².